The van der Waals surface area contributed by atoms with Gasteiger partial charge < -0.3 is 26.0 Å². The molecule has 4 N–H and O–H groups in total. The zero-order valence-electron chi connectivity index (χ0n) is 19.0. The van der Waals surface area contributed by atoms with Gasteiger partial charge in [-0.15, -0.1) is 11.8 Å². The second kappa shape index (κ2) is 8.68. The highest BCUT2D eigenvalue weighted by atomic mass is 32.2. The molecule has 9 nitrogen and oxygen atoms in total. The van der Waals surface area contributed by atoms with Gasteiger partial charge in [-0.25, -0.2) is 4.79 Å². The number of fused-ring (bicyclic) bond motifs is 1. The molecule has 10 heteroatoms. The van der Waals surface area contributed by atoms with Crippen LogP contribution < -0.4 is 11.1 Å². The number of carboxylic acid groups (broad SMARTS) is 1. The monoisotopic (exact) mass is 482 g/mol. The number of amides is 3. The highest BCUT2D eigenvalue weighted by molar-refractivity contribution is 8.01. The quantitative estimate of drug-likeness (QED) is 0.422. The number of nitrogens with one attached hydrogen (secondary N) is 1. The first-order valence-corrected chi connectivity index (χ1v) is 11.6. The summed E-state index contributed by atoms with van der Waals surface area (Å²) in [6, 6.07) is 12.5. The van der Waals surface area contributed by atoms with Crippen LogP contribution in [0.2, 0.25) is 0 Å². The number of carboxylic acids is 1. The fourth-order valence-electron chi connectivity index (χ4n) is 4.56. The van der Waals surface area contributed by atoms with Crippen molar-refractivity contribution in [2.75, 3.05) is 12.8 Å². The number of aliphatic carboxylic acids is 1. The van der Waals surface area contributed by atoms with Crippen LogP contribution in [0.3, 0.4) is 0 Å². The summed E-state index contributed by atoms with van der Waals surface area (Å²) in [5.74, 6) is -2.50. The van der Waals surface area contributed by atoms with Crippen LogP contribution in [0.1, 0.15) is 35.8 Å². The number of nitrogens with two attached hydrogens (primary N) is 1. The summed E-state index contributed by atoms with van der Waals surface area (Å²) in [4.78, 5) is 53.9. The molecule has 2 aliphatic heterocycles. The van der Waals surface area contributed by atoms with Crippen molar-refractivity contribution in [3.63, 3.8) is 0 Å². The van der Waals surface area contributed by atoms with E-state index in [4.69, 9.17) is 5.73 Å². The number of β-lactam (4-membered cyclic amide) rings is 1. The summed E-state index contributed by atoms with van der Waals surface area (Å²) < 4.78 is -0.706. The van der Waals surface area contributed by atoms with E-state index in [-0.39, 0.29) is 5.56 Å². The average Bonchev–Trinajstić information content (AvgIpc) is 3.06. The highest BCUT2D eigenvalue weighted by Gasteiger charge is 2.64. The summed E-state index contributed by atoms with van der Waals surface area (Å²) >= 11 is 1.34. The van der Waals surface area contributed by atoms with Crippen molar-refractivity contribution in [3.8, 4) is 0 Å². The number of carbonyl (C=O) groups excluding carboxylic acids is 3. The Morgan fingerprint density at radius 2 is 1.74 bits per heavy atom. The van der Waals surface area contributed by atoms with Crippen molar-refractivity contribution in [1.29, 1.82) is 0 Å². The number of para-hydroxylation sites is 1. The molecule has 4 rings (SSSR count). The zero-order chi connectivity index (χ0) is 24.8. The van der Waals surface area contributed by atoms with Crippen molar-refractivity contribution < 1.29 is 24.3 Å². The molecule has 34 heavy (non-hydrogen) atoms. The Balaban J connectivity index is 1.60. The van der Waals surface area contributed by atoms with E-state index in [2.05, 4.69) is 5.32 Å². The van der Waals surface area contributed by atoms with Gasteiger partial charge in [0.1, 0.15) is 23.5 Å². The number of carbonyl (C=O) groups is 4. The molecule has 0 spiro atoms. The fourth-order valence-corrected chi connectivity index (χ4v) is 6.19. The van der Waals surface area contributed by atoms with E-state index < -0.39 is 51.9 Å². The molecule has 178 valence electrons. The number of likely N-dealkylation sites (N-methyl/N-ethyl adjacent to an activating group) is 1. The summed E-state index contributed by atoms with van der Waals surface area (Å²) in [6.07, 6.45) is 0. The number of benzene rings is 2. The number of nitrogen functional groups attached to an aromatic ring is 1. The van der Waals surface area contributed by atoms with Gasteiger partial charge in [0, 0.05) is 17.5 Å². The molecule has 4 unspecified atom stereocenters. The summed E-state index contributed by atoms with van der Waals surface area (Å²) in [5.41, 5.74) is 7.10. The maximum absolute atomic E-state index is 13.5. The lowest BCUT2D eigenvalue weighted by molar-refractivity contribution is -0.161. The second-order valence-corrected chi connectivity index (χ2v) is 10.7. The zero-order valence-corrected chi connectivity index (χ0v) is 19.8. The molecular formula is C24H26N4O5S. The molecule has 2 heterocycles. The SMILES string of the molecule is CN(C(=O)c1ccccc1N)C(C(=O)NC1C(=O)N2C1SC(C)(C)C2C(=O)O)c1ccccc1. The third kappa shape index (κ3) is 3.87. The predicted molar refractivity (Wildman–Crippen MR) is 128 cm³/mol. The maximum Gasteiger partial charge on any atom is 0.327 e. The lowest BCUT2D eigenvalue weighted by Crippen LogP contribution is -2.71. The normalized spacial score (nSPS) is 23.4. The largest absolute Gasteiger partial charge is 0.480 e. The molecule has 2 aromatic carbocycles. The van der Waals surface area contributed by atoms with Crippen LogP contribution in [0.5, 0.6) is 0 Å². The van der Waals surface area contributed by atoms with Gasteiger partial charge in [-0.3, -0.25) is 14.4 Å². The molecular weight excluding hydrogens is 456 g/mol. The Morgan fingerprint density at radius 3 is 2.35 bits per heavy atom. The fraction of sp³-hybridized carbons (Fsp3) is 0.333. The Hall–Kier alpha value is -3.53. The molecule has 3 amide bonds. The smallest absolute Gasteiger partial charge is 0.327 e. The Bertz CT molecular complexity index is 1160. The number of hydrogen-bond donors (Lipinski definition) is 3. The molecule has 0 bridgehead atoms. The van der Waals surface area contributed by atoms with Crippen molar-refractivity contribution in [3.05, 3.63) is 65.7 Å². The number of anilines is 1. The number of hydrogen-bond acceptors (Lipinski definition) is 6. The van der Waals surface area contributed by atoms with Crippen LogP contribution in [0.15, 0.2) is 54.6 Å². The van der Waals surface area contributed by atoms with Crippen molar-refractivity contribution in [2.45, 2.75) is 42.1 Å². The summed E-state index contributed by atoms with van der Waals surface area (Å²) in [5, 5.41) is 11.9. The van der Waals surface area contributed by atoms with Crippen LogP contribution in [0.4, 0.5) is 5.69 Å². The molecule has 2 aromatic rings. The first kappa shape index (κ1) is 23.6. The van der Waals surface area contributed by atoms with Crippen LogP contribution >= 0.6 is 11.8 Å². The topological polar surface area (TPSA) is 133 Å². The molecule has 0 aromatic heterocycles. The minimum atomic E-state index is -1.08. The number of thioether (sulfide) groups is 1. The van der Waals surface area contributed by atoms with Crippen molar-refractivity contribution >= 4 is 41.1 Å². The van der Waals surface area contributed by atoms with Gasteiger partial charge in [-0.1, -0.05) is 42.5 Å². The predicted octanol–water partition coefficient (Wildman–Crippen LogP) is 1.71. The van der Waals surface area contributed by atoms with Crippen LogP contribution in [0, 0.1) is 0 Å². The Morgan fingerprint density at radius 1 is 1.12 bits per heavy atom. The van der Waals surface area contributed by atoms with Gasteiger partial charge in [-0.2, -0.15) is 0 Å². The standard InChI is InChI=1S/C24H26N4O5S/c1-24(2)18(23(32)33)28-21(31)16(22(28)34-24)26-19(29)17(13-9-5-4-6-10-13)27(3)20(30)14-11-7-8-12-15(14)25/h4-12,16-18,22H,25H2,1-3H3,(H,26,29)(H,32,33). The van der Waals surface area contributed by atoms with E-state index in [0.29, 0.717) is 11.3 Å². The molecule has 2 saturated heterocycles. The number of nitrogens with zero attached hydrogens (tertiary/aromatic N) is 2. The van der Waals surface area contributed by atoms with E-state index in [9.17, 15) is 24.3 Å². The van der Waals surface area contributed by atoms with Gasteiger partial charge in [0.15, 0.2) is 0 Å². The second-order valence-electron chi connectivity index (χ2n) is 8.90. The average molecular weight is 483 g/mol. The van der Waals surface area contributed by atoms with Crippen LogP contribution in [-0.2, 0) is 14.4 Å². The van der Waals surface area contributed by atoms with Gasteiger partial charge in [0.05, 0.1) is 5.56 Å². The van der Waals surface area contributed by atoms with Gasteiger partial charge >= 0.3 is 5.97 Å². The van der Waals surface area contributed by atoms with E-state index in [1.54, 1.807) is 68.4 Å². The van der Waals surface area contributed by atoms with Gasteiger partial charge in [0.2, 0.25) is 11.8 Å². The lowest BCUT2D eigenvalue weighted by Gasteiger charge is -2.44. The first-order valence-electron chi connectivity index (χ1n) is 10.7. The minimum Gasteiger partial charge on any atom is -0.480 e. The van der Waals surface area contributed by atoms with Gasteiger partial charge in [-0.05, 0) is 31.5 Å². The van der Waals surface area contributed by atoms with E-state index in [1.807, 2.05) is 0 Å². The minimum absolute atomic E-state index is 0.266. The van der Waals surface area contributed by atoms with Crippen LogP contribution in [-0.4, -0.2) is 67.8 Å². The van der Waals surface area contributed by atoms with E-state index in [1.165, 1.54) is 28.6 Å². The van der Waals surface area contributed by atoms with E-state index >= 15 is 0 Å². The first-order chi connectivity index (χ1) is 16.0. The molecule has 0 aliphatic carbocycles. The number of rotatable bonds is 6. The summed E-state index contributed by atoms with van der Waals surface area (Å²) in [7, 11) is 1.51. The lowest BCUT2D eigenvalue weighted by atomic mass is 9.95. The highest BCUT2D eigenvalue weighted by Crippen LogP contribution is 2.50. The molecule has 2 fully saturated rings. The summed E-state index contributed by atoms with van der Waals surface area (Å²) in [6.45, 7) is 3.54. The molecule has 0 saturated carbocycles. The maximum atomic E-state index is 13.5. The molecule has 4 atom stereocenters. The van der Waals surface area contributed by atoms with Crippen LogP contribution in [0.25, 0.3) is 0 Å². The van der Waals surface area contributed by atoms with Crippen molar-refractivity contribution in [1.82, 2.24) is 15.1 Å². The molecule has 2 aliphatic rings. The van der Waals surface area contributed by atoms with Crippen molar-refractivity contribution in [2.24, 2.45) is 0 Å². The van der Waals surface area contributed by atoms with Gasteiger partial charge in [0.25, 0.3) is 5.91 Å². The Labute approximate surface area is 201 Å². The van der Waals surface area contributed by atoms with E-state index in [0.717, 1.165) is 0 Å². The Kier molecular flexibility index (Phi) is 6.03. The third-order valence-electron chi connectivity index (χ3n) is 6.24. The third-order valence-corrected chi connectivity index (χ3v) is 7.81. The molecule has 0 radical (unpaired) electrons.